The average molecular weight is 328 g/mol. The molecule has 1 aliphatic rings. The van der Waals surface area contributed by atoms with Gasteiger partial charge in [0, 0.05) is 16.9 Å². The van der Waals surface area contributed by atoms with Gasteiger partial charge in [0.2, 0.25) is 11.8 Å². The summed E-state index contributed by atoms with van der Waals surface area (Å²) in [5.41, 5.74) is 10.4. The van der Waals surface area contributed by atoms with Crippen molar-refractivity contribution in [2.75, 3.05) is 7.11 Å². The van der Waals surface area contributed by atoms with E-state index in [4.69, 9.17) is 15.0 Å². The van der Waals surface area contributed by atoms with Gasteiger partial charge in [-0.3, -0.25) is 0 Å². The first-order chi connectivity index (χ1) is 11.6. The fraction of sp³-hybridized carbons (Fsp3) is 0.250. The van der Waals surface area contributed by atoms with Crippen LogP contribution in [0.5, 0.6) is 5.88 Å². The second-order valence-corrected chi connectivity index (χ2v) is 5.21. The van der Waals surface area contributed by atoms with Gasteiger partial charge >= 0.3 is 5.97 Å². The number of azide groups is 1. The van der Waals surface area contributed by atoms with E-state index in [0.29, 0.717) is 23.1 Å². The molecule has 3 rings (SSSR count). The van der Waals surface area contributed by atoms with Gasteiger partial charge in [-0.2, -0.15) is 9.37 Å². The number of nitrogens with zero attached hydrogens (tertiary/aromatic N) is 4. The lowest BCUT2D eigenvalue weighted by molar-refractivity contribution is 0.0600. The van der Waals surface area contributed by atoms with E-state index in [2.05, 4.69) is 15.0 Å². The Labute approximate surface area is 136 Å². The SMILES string of the molecule is COC(=O)c1cccc([C@H]2C[C@H](N=[N+]=[N-])c3ccc(F)nc3O2)c1. The van der Waals surface area contributed by atoms with E-state index in [0.717, 1.165) is 0 Å². The van der Waals surface area contributed by atoms with E-state index in [1.807, 2.05) is 0 Å². The summed E-state index contributed by atoms with van der Waals surface area (Å²) in [6, 6.07) is 8.89. The maximum absolute atomic E-state index is 13.4. The minimum absolute atomic E-state index is 0.0899. The molecule has 24 heavy (non-hydrogen) atoms. The van der Waals surface area contributed by atoms with Gasteiger partial charge < -0.3 is 9.47 Å². The molecule has 8 heteroatoms. The number of hydrogen-bond acceptors (Lipinski definition) is 5. The number of carbonyl (C=O) groups excluding carboxylic acids is 1. The lowest BCUT2D eigenvalue weighted by atomic mass is 9.94. The zero-order chi connectivity index (χ0) is 17.1. The van der Waals surface area contributed by atoms with Crippen LogP contribution < -0.4 is 4.74 Å². The second-order valence-electron chi connectivity index (χ2n) is 5.21. The molecule has 122 valence electrons. The van der Waals surface area contributed by atoms with Crippen LogP contribution in [0.1, 0.15) is 40.1 Å². The molecule has 2 atom stereocenters. The third-order valence-corrected chi connectivity index (χ3v) is 3.78. The van der Waals surface area contributed by atoms with E-state index in [1.54, 1.807) is 24.3 Å². The molecule has 0 spiro atoms. The van der Waals surface area contributed by atoms with Crippen molar-refractivity contribution >= 4 is 5.97 Å². The van der Waals surface area contributed by atoms with Crippen molar-refractivity contribution in [2.45, 2.75) is 18.6 Å². The highest BCUT2D eigenvalue weighted by Crippen LogP contribution is 2.41. The minimum Gasteiger partial charge on any atom is -0.469 e. The number of esters is 1. The molecule has 0 amide bonds. The quantitative estimate of drug-likeness (QED) is 0.281. The molecule has 1 aliphatic heterocycles. The summed E-state index contributed by atoms with van der Waals surface area (Å²) in [4.78, 5) is 18.2. The van der Waals surface area contributed by atoms with Crippen molar-refractivity contribution < 1.29 is 18.7 Å². The third kappa shape index (κ3) is 3.00. The van der Waals surface area contributed by atoms with E-state index in [-0.39, 0.29) is 5.88 Å². The third-order valence-electron chi connectivity index (χ3n) is 3.78. The molecule has 7 nitrogen and oxygen atoms in total. The Hall–Kier alpha value is -3.12. The van der Waals surface area contributed by atoms with Crippen LogP contribution >= 0.6 is 0 Å². The van der Waals surface area contributed by atoms with Gasteiger partial charge in [0.05, 0.1) is 18.7 Å². The van der Waals surface area contributed by atoms with Gasteiger partial charge in [0.1, 0.15) is 6.10 Å². The highest BCUT2D eigenvalue weighted by atomic mass is 19.1. The first-order valence-corrected chi connectivity index (χ1v) is 7.18. The van der Waals surface area contributed by atoms with Gasteiger partial charge in [0.15, 0.2) is 0 Å². The fourth-order valence-corrected chi connectivity index (χ4v) is 2.65. The highest BCUT2D eigenvalue weighted by molar-refractivity contribution is 5.89. The molecule has 0 bridgehead atoms. The Morgan fingerprint density at radius 3 is 3.04 bits per heavy atom. The Morgan fingerprint density at radius 1 is 1.46 bits per heavy atom. The zero-order valence-corrected chi connectivity index (χ0v) is 12.7. The van der Waals surface area contributed by atoms with E-state index in [1.165, 1.54) is 19.2 Å². The maximum atomic E-state index is 13.4. The van der Waals surface area contributed by atoms with E-state index < -0.39 is 24.1 Å². The van der Waals surface area contributed by atoms with Gasteiger partial charge in [-0.05, 0) is 35.4 Å². The molecule has 2 aromatic rings. The Bertz CT molecular complexity index is 836. The summed E-state index contributed by atoms with van der Waals surface area (Å²) in [5, 5.41) is 3.75. The molecule has 0 fully saturated rings. The van der Waals surface area contributed by atoms with Gasteiger partial charge in [-0.15, -0.1) is 0 Å². The molecule has 1 aromatic carbocycles. The summed E-state index contributed by atoms with van der Waals surface area (Å²) in [6.45, 7) is 0. The van der Waals surface area contributed by atoms with Crippen molar-refractivity contribution in [3.63, 3.8) is 0 Å². The number of hydrogen-bond donors (Lipinski definition) is 0. The summed E-state index contributed by atoms with van der Waals surface area (Å²) < 4.78 is 23.9. The van der Waals surface area contributed by atoms with Crippen molar-refractivity contribution in [2.24, 2.45) is 5.11 Å². The fourth-order valence-electron chi connectivity index (χ4n) is 2.65. The largest absolute Gasteiger partial charge is 0.469 e. The van der Waals surface area contributed by atoms with Crippen LogP contribution in [0, 0.1) is 5.95 Å². The lowest BCUT2D eigenvalue weighted by Crippen LogP contribution is -2.20. The molecule has 0 saturated heterocycles. The summed E-state index contributed by atoms with van der Waals surface area (Å²) in [5.74, 6) is -1.06. The Balaban J connectivity index is 1.98. The lowest BCUT2D eigenvalue weighted by Gasteiger charge is -2.29. The van der Waals surface area contributed by atoms with Crippen molar-refractivity contribution in [1.82, 2.24) is 4.98 Å². The summed E-state index contributed by atoms with van der Waals surface area (Å²) >= 11 is 0. The van der Waals surface area contributed by atoms with Crippen LogP contribution in [0.4, 0.5) is 4.39 Å². The number of carbonyl (C=O) groups is 1. The van der Waals surface area contributed by atoms with E-state index >= 15 is 0 Å². The molecule has 1 aromatic heterocycles. The molecule has 0 unspecified atom stereocenters. The number of fused-ring (bicyclic) bond motifs is 1. The van der Waals surface area contributed by atoms with Gasteiger partial charge in [0.25, 0.3) is 0 Å². The van der Waals surface area contributed by atoms with Crippen LogP contribution in [0.25, 0.3) is 10.4 Å². The van der Waals surface area contributed by atoms with Crippen LogP contribution in [0.2, 0.25) is 0 Å². The molecular weight excluding hydrogens is 315 g/mol. The standard InChI is InChI=1S/C16H13FN4O3/c1-23-16(22)10-4-2-3-9(7-10)13-8-12(20-21-18)11-5-6-14(17)19-15(11)24-13/h2-7,12-13H,8H2,1H3/t12-,13+/m0/s1. The predicted molar refractivity (Wildman–Crippen MR) is 81.8 cm³/mol. The normalized spacial score (nSPS) is 18.8. The smallest absolute Gasteiger partial charge is 0.337 e. The maximum Gasteiger partial charge on any atom is 0.337 e. The molecule has 0 aliphatic carbocycles. The van der Waals surface area contributed by atoms with Crippen molar-refractivity contribution in [1.29, 1.82) is 0 Å². The number of methoxy groups -OCH3 is 1. The number of aromatic nitrogens is 1. The Morgan fingerprint density at radius 2 is 2.29 bits per heavy atom. The van der Waals surface area contributed by atoms with Crippen molar-refractivity contribution in [3.8, 4) is 5.88 Å². The summed E-state index contributed by atoms with van der Waals surface area (Å²) in [6.07, 6.45) is -0.165. The number of pyridine rings is 1. The first kappa shape index (κ1) is 15.8. The van der Waals surface area contributed by atoms with Crippen molar-refractivity contribution in [3.05, 3.63) is 69.5 Å². The zero-order valence-electron chi connectivity index (χ0n) is 12.7. The molecule has 2 heterocycles. The van der Waals surface area contributed by atoms with Crippen LogP contribution in [-0.2, 0) is 4.74 Å². The highest BCUT2D eigenvalue weighted by Gasteiger charge is 2.30. The van der Waals surface area contributed by atoms with Crippen LogP contribution in [-0.4, -0.2) is 18.1 Å². The van der Waals surface area contributed by atoms with Crippen LogP contribution in [0.15, 0.2) is 41.5 Å². The number of rotatable bonds is 3. The average Bonchev–Trinajstić information content (AvgIpc) is 2.61. The Kier molecular flexibility index (Phi) is 4.31. The van der Waals surface area contributed by atoms with Gasteiger partial charge in [-0.25, -0.2) is 4.79 Å². The molecule has 0 saturated carbocycles. The minimum atomic E-state index is -0.683. The number of ether oxygens (including phenoxy) is 2. The molecule has 0 N–H and O–H groups in total. The van der Waals surface area contributed by atoms with Crippen LogP contribution in [0.3, 0.4) is 0 Å². The number of halogens is 1. The summed E-state index contributed by atoms with van der Waals surface area (Å²) in [7, 11) is 1.30. The molecular formula is C16H13FN4O3. The topological polar surface area (TPSA) is 97.2 Å². The predicted octanol–water partition coefficient (Wildman–Crippen LogP) is 3.88. The molecule has 0 radical (unpaired) electrons. The first-order valence-electron chi connectivity index (χ1n) is 7.18. The van der Waals surface area contributed by atoms with Gasteiger partial charge in [-0.1, -0.05) is 17.2 Å². The number of benzene rings is 1. The second kappa shape index (κ2) is 6.55. The monoisotopic (exact) mass is 328 g/mol. The van der Waals surface area contributed by atoms with E-state index in [9.17, 15) is 9.18 Å².